The molecule has 3 aliphatic rings. The monoisotopic (exact) mass is 552 g/mol. The van der Waals surface area contributed by atoms with Crippen LogP contribution in [0.5, 0.6) is 5.75 Å². The quantitative estimate of drug-likeness (QED) is 0.309. The van der Waals surface area contributed by atoms with Gasteiger partial charge in [-0.15, -0.1) is 0 Å². The highest BCUT2D eigenvalue weighted by Crippen LogP contribution is 2.62. The van der Waals surface area contributed by atoms with E-state index in [1.54, 1.807) is 73.7 Å². The van der Waals surface area contributed by atoms with Gasteiger partial charge in [-0.05, 0) is 49.2 Å². The van der Waals surface area contributed by atoms with E-state index in [9.17, 15) is 28.7 Å². The fourth-order valence-electron chi connectivity index (χ4n) is 7.01. The Morgan fingerprint density at radius 1 is 0.854 bits per heavy atom. The first-order valence-corrected chi connectivity index (χ1v) is 13.4. The summed E-state index contributed by atoms with van der Waals surface area (Å²) in [4.78, 5) is 56.8. The zero-order valence-electron chi connectivity index (χ0n) is 22.0. The summed E-state index contributed by atoms with van der Waals surface area (Å²) < 4.78 is 18.5. The van der Waals surface area contributed by atoms with Crippen LogP contribution in [0.1, 0.15) is 30.9 Å². The number of amides is 2. The molecule has 1 N–H and O–H groups in total. The number of halogens is 1. The van der Waals surface area contributed by atoms with Gasteiger partial charge in [0.05, 0.1) is 35.3 Å². The number of imide groups is 1. The molecule has 41 heavy (non-hydrogen) atoms. The van der Waals surface area contributed by atoms with Crippen LogP contribution in [0.15, 0.2) is 100 Å². The molecule has 0 bridgehead atoms. The Kier molecular flexibility index (Phi) is 5.34. The average Bonchev–Trinajstić information content (AvgIpc) is 3.35. The molecule has 0 radical (unpaired) electrons. The minimum absolute atomic E-state index is 0.0254. The lowest BCUT2D eigenvalue weighted by Gasteiger charge is -2.47. The van der Waals surface area contributed by atoms with Crippen molar-refractivity contribution in [2.75, 3.05) is 4.90 Å². The summed E-state index contributed by atoms with van der Waals surface area (Å²) in [6.45, 7) is 1.70. The van der Waals surface area contributed by atoms with E-state index < -0.39 is 58.1 Å². The van der Waals surface area contributed by atoms with E-state index in [0.29, 0.717) is 16.9 Å². The summed E-state index contributed by atoms with van der Waals surface area (Å²) in [5.41, 5.74) is -0.977. The predicted octanol–water partition coefficient (Wildman–Crippen LogP) is 3.51. The number of hydrogen-bond acceptors (Lipinski definition) is 5. The summed E-state index contributed by atoms with van der Waals surface area (Å²) in [6.07, 6.45) is 1.83. The van der Waals surface area contributed by atoms with Gasteiger partial charge >= 0.3 is 11.4 Å². The maximum absolute atomic E-state index is 14.8. The highest BCUT2D eigenvalue weighted by molar-refractivity contribution is 6.24. The number of aromatic hydroxyl groups is 1. The van der Waals surface area contributed by atoms with Gasteiger partial charge in [0.25, 0.3) is 0 Å². The van der Waals surface area contributed by atoms with Crippen LogP contribution in [-0.2, 0) is 16.1 Å². The number of hydrogen-bond donors (Lipinski definition) is 1. The van der Waals surface area contributed by atoms with Crippen molar-refractivity contribution in [3.8, 4) is 11.4 Å². The number of phenols is 1. The van der Waals surface area contributed by atoms with Crippen LogP contribution in [0.3, 0.4) is 0 Å². The zero-order chi connectivity index (χ0) is 28.6. The number of allylic oxidation sites excluding steroid dienone is 2. The summed E-state index contributed by atoms with van der Waals surface area (Å²) in [6, 6.07) is 20.4. The molecule has 1 saturated heterocycles. The molecular weight excluding hydrogens is 527 g/mol. The Morgan fingerprint density at radius 3 is 2.20 bits per heavy atom. The molecule has 1 saturated carbocycles. The van der Waals surface area contributed by atoms with E-state index in [0.717, 1.165) is 15.5 Å². The van der Waals surface area contributed by atoms with Gasteiger partial charge in [0.15, 0.2) is 11.6 Å². The first kappa shape index (κ1) is 25.0. The first-order valence-electron chi connectivity index (χ1n) is 13.4. The molecule has 2 amide bonds. The molecule has 2 fully saturated rings. The molecule has 4 aromatic rings. The van der Waals surface area contributed by atoms with Crippen molar-refractivity contribution in [2.24, 2.45) is 11.3 Å². The number of para-hydroxylation sites is 3. The second-order valence-corrected chi connectivity index (χ2v) is 10.9. The maximum atomic E-state index is 14.8. The molecule has 3 aromatic carbocycles. The fraction of sp³-hybridized carbons (Fsp3) is 0.226. The third kappa shape index (κ3) is 3.27. The minimum atomic E-state index is -1.39. The van der Waals surface area contributed by atoms with E-state index in [1.807, 2.05) is 0 Å². The standard InChI is InChI=1S/C31H25FN4O5/c1-31-22(27(38)34(28(31)39)18-9-4-2-5-10-18)17-24-20(25(31)21-13-8-14-23(32)26(21)37)15-16-33-29(40)35(30(41)36(24)33)19-11-6-3-7-12-19/h2-15,22,24-25,37H,16-17H2,1H3/t22-,24+,25+,31+/m0/s1. The number of carbonyl (C=O) groups excluding carboxylic acids is 2. The van der Waals surface area contributed by atoms with Crippen LogP contribution in [0.4, 0.5) is 10.1 Å². The Balaban J connectivity index is 1.46. The third-order valence-electron chi connectivity index (χ3n) is 8.90. The van der Waals surface area contributed by atoms with Crippen LogP contribution in [0, 0.1) is 17.2 Å². The highest BCUT2D eigenvalue weighted by atomic mass is 19.1. The number of nitrogens with zero attached hydrogens (tertiary/aromatic N) is 4. The second-order valence-electron chi connectivity index (χ2n) is 10.9. The SMILES string of the molecule is C[C@@]12C(=O)N(c3ccccc3)C(=O)[C@@H]1C[C@@H]1C(=CCn3c(=O)n(-c4ccccc4)c(=O)n31)[C@@H]2c1cccc(F)c1O. The predicted molar refractivity (Wildman–Crippen MR) is 147 cm³/mol. The lowest BCUT2D eigenvalue weighted by atomic mass is 9.56. The van der Waals surface area contributed by atoms with Gasteiger partial charge in [-0.3, -0.25) is 9.59 Å². The van der Waals surface area contributed by atoms with Crippen molar-refractivity contribution in [1.29, 1.82) is 0 Å². The van der Waals surface area contributed by atoms with Crippen molar-refractivity contribution >= 4 is 17.5 Å². The lowest BCUT2D eigenvalue weighted by Crippen LogP contribution is -2.49. The number of anilines is 1. The number of rotatable bonds is 3. The van der Waals surface area contributed by atoms with Gasteiger partial charge < -0.3 is 5.11 Å². The Labute approximate surface area is 233 Å². The maximum Gasteiger partial charge on any atom is 0.352 e. The number of aromatic nitrogens is 3. The van der Waals surface area contributed by atoms with Gasteiger partial charge in [0.1, 0.15) is 0 Å². The van der Waals surface area contributed by atoms with Gasteiger partial charge in [0, 0.05) is 11.5 Å². The topological polar surface area (TPSA) is 107 Å². The van der Waals surface area contributed by atoms with E-state index in [1.165, 1.54) is 21.5 Å². The molecule has 3 heterocycles. The van der Waals surface area contributed by atoms with Crippen molar-refractivity contribution in [2.45, 2.75) is 31.8 Å². The number of carbonyl (C=O) groups is 2. The molecule has 0 unspecified atom stereocenters. The molecular formula is C31H25FN4O5. The van der Waals surface area contributed by atoms with E-state index >= 15 is 0 Å². The third-order valence-corrected chi connectivity index (χ3v) is 8.90. The normalized spacial score (nSPS) is 25.0. The van der Waals surface area contributed by atoms with Crippen molar-refractivity contribution < 1.29 is 19.1 Å². The van der Waals surface area contributed by atoms with Crippen LogP contribution in [0.25, 0.3) is 5.69 Å². The van der Waals surface area contributed by atoms with Gasteiger partial charge in [-0.25, -0.2) is 32.8 Å². The molecule has 1 aliphatic carbocycles. The fourth-order valence-corrected chi connectivity index (χ4v) is 7.01. The summed E-state index contributed by atoms with van der Waals surface area (Å²) in [7, 11) is 0. The van der Waals surface area contributed by atoms with Crippen molar-refractivity contribution in [3.63, 3.8) is 0 Å². The highest BCUT2D eigenvalue weighted by Gasteiger charge is 2.65. The van der Waals surface area contributed by atoms with Crippen molar-refractivity contribution in [3.05, 3.63) is 123 Å². The zero-order valence-corrected chi connectivity index (χ0v) is 22.0. The van der Waals surface area contributed by atoms with Crippen molar-refractivity contribution in [1.82, 2.24) is 13.9 Å². The Hall–Kier alpha value is -4.99. The van der Waals surface area contributed by atoms with E-state index in [4.69, 9.17) is 0 Å². The summed E-state index contributed by atoms with van der Waals surface area (Å²) in [5.74, 6) is -4.25. The summed E-state index contributed by atoms with van der Waals surface area (Å²) in [5, 5.41) is 10.9. The average molecular weight is 553 g/mol. The number of phenolic OH excluding ortho intramolecular Hbond substituents is 1. The van der Waals surface area contributed by atoms with Gasteiger partial charge in [-0.1, -0.05) is 54.6 Å². The van der Waals surface area contributed by atoms with Crippen LogP contribution < -0.4 is 16.3 Å². The van der Waals surface area contributed by atoms with Crippen LogP contribution in [0.2, 0.25) is 0 Å². The van der Waals surface area contributed by atoms with Crippen LogP contribution >= 0.6 is 0 Å². The van der Waals surface area contributed by atoms with Gasteiger partial charge in [-0.2, -0.15) is 0 Å². The Bertz CT molecular complexity index is 1890. The molecule has 1 aromatic heterocycles. The molecule has 10 heteroatoms. The summed E-state index contributed by atoms with van der Waals surface area (Å²) >= 11 is 0. The molecule has 2 aliphatic heterocycles. The molecule has 0 spiro atoms. The second kappa shape index (κ2) is 8.76. The largest absolute Gasteiger partial charge is 0.505 e. The molecule has 4 atom stereocenters. The molecule has 206 valence electrons. The minimum Gasteiger partial charge on any atom is -0.505 e. The molecule has 9 nitrogen and oxygen atoms in total. The van der Waals surface area contributed by atoms with Gasteiger partial charge in [0.2, 0.25) is 11.8 Å². The smallest absolute Gasteiger partial charge is 0.352 e. The first-order chi connectivity index (χ1) is 19.7. The number of benzene rings is 3. The van der Waals surface area contributed by atoms with E-state index in [2.05, 4.69) is 0 Å². The number of fused-ring (bicyclic) bond motifs is 4. The Morgan fingerprint density at radius 2 is 1.51 bits per heavy atom. The van der Waals surface area contributed by atoms with E-state index in [-0.39, 0.29) is 18.5 Å². The lowest BCUT2D eigenvalue weighted by molar-refractivity contribution is -0.129. The molecule has 7 rings (SSSR count). The van der Waals surface area contributed by atoms with Crippen LogP contribution in [-0.4, -0.2) is 30.9 Å².